The molecule has 0 atom stereocenters. The van der Waals surface area contributed by atoms with Crippen molar-refractivity contribution in [2.75, 3.05) is 6.54 Å². The number of amides is 2. The molecule has 0 fully saturated rings. The second kappa shape index (κ2) is 11.0. The van der Waals surface area contributed by atoms with E-state index in [1.165, 1.54) is 6.07 Å². The quantitative estimate of drug-likeness (QED) is 0.373. The number of furan rings is 1. The van der Waals surface area contributed by atoms with E-state index in [0.717, 1.165) is 11.1 Å². The van der Waals surface area contributed by atoms with Crippen LogP contribution in [0.15, 0.2) is 99.7 Å². The third-order valence-electron chi connectivity index (χ3n) is 4.18. The van der Waals surface area contributed by atoms with Gasteiger partial charge in [0.15, 0.2) is 10.4 Å². The number of carbonyl (C=O) groups is 2. The molecule has 5 nitrogen and oxygen atoms in total. The van der Waals surface area contributed by atoms with Gasteiger partial charge in [-0.1, -0.05) is 72.8 Å². The lowest BCUT2D eigenvalue weighted by molar-refractivity contribution is -0.117. The van der Waals surface area contributed by atoms with Gasteiger partial charge in [-0.3, -0.25) is 9.59 Å². The molecular formula is C24H21BrN2O3. The summed E-state index contributed by atoms with van der Waals surface area (Å²) in [5, 5.41) is 5.47. The van der Waals surface area contributed by atoms with Crippen LogP contribution in [0.4, 0.5) is 0 Å². The molecule has 0 unspecified atom stereocenters. The minimum absolute atomic E-state index is 0.108. The predicted octanol–water partition coefficient (Wildman–Crippen LogP) is 4.73. The van der Waals surface area contributed by atoms with Crippen LogP contribution in [0.5, 0.6) is 0 Å². The molecule has 0 aliphatic heterocycles. The van der Waals surface area contributed by atoms with Gasteiger partial charge in [0, 0.05) is 6.54 Å². The van der Waals surface area contributed by atoms with Gasteiger partial charge in [0.2, 0.25) is 0 Å². The summed E-state index contributed by atoms with van der Waals surface area (Å²) in [7, 11) is 0. The van der Waals surface area contributed by atoms with E-state index < -0.39 is 5.91 Å². The van der Waals surface area contributed by atoms with E-state index in [9.17, 15) is 9.59 Å². The minimum atomic E-state index is -0.502. The van der Waals surface area contributed by atoms with E-state index in [0.29, 0.717) is 17.6 Å². The zero-order valence-corrected chi connectivity index (χ0v) is 17.8. The zero-order chi connectivity index (χ0) is 21.2. The molecule has 1 aromatic heterocycles. The zero-order valence-electron chi connectivity index (χ0n) is 16.2. The van der Waals surface area contributed by atoms with Gasteiger partial charge < -0.3 is 15.1 Å². The molecule has 2 amide bonds. The standard InChI is InChI=1S/C24H21BrN2O3/c25-22-15-14-21(30-22)24(29)27-20(13-7-12-18-8-3-1-4-9-18)23(28)26-17-16-19-10-5-2-6-11-19/h1-15H,16-17H2,(H,26,28)(H,27,29)/b12-7-,20-13-. The normalized spacial score (nSPS) is 11.4. The van der Waals surface area contributed by atoms with E-state index in [2.05, 4.69) is 26.6 Å². The molecule has 0 aliphatic carbocycles. The lowest BCUT2D eigenvalue weighted by Gasteiger charge is -2.09. The van der Waals surface area contributed by atoms with Gasteiger partial charge in [0.25, 0.3) is 11.8 Å². The van der Waals surface area contributed by atoms with Crippen molar-refractivity contribution < 1.29 is 14.0 Å². The smallest absolute Gasteiger partial charge is 0.291 e. The summed E-state index contributed by atoms with van der Waals surface area (Å²) in [6.45, 7) is 0.449. The number of rotatable bonds is 8. The Balaban J connectivity index is 1.68. The number of nitrogens with one attached hydrogen (secondary N) is 2. The number of carbonyl (C=O) groups excluding carboxylic acids is 2. The second-order valence-corrected chi connectivity index (χ2v) is 7.18. The van der Waals surface area contributed by atoms with E-state index in [-0.39, 0.29) is 17.4 Å². The monoisotopic (exact) mass is 464 g/mol. The van der Waals surface area contributed by atoms with Crippen molar-refractivity contribution in [2.45, 2.75) is 6.42 Å². The van der Waals surface area contributed by atoms with Crippen LogP contribution in [0.2, 0.25) is 0 Å². The molecule has 2 aromatic carbocycles. The molecule has 0 radical (unpaired) electrons. The molecule has 1 heterocycles. The fraction of sp³-hybridized carbons (Fsp3) is 0.0833. The Morgan fingerprint density at radius 1 is 0.933 bits per heavy atom. The molecule has 0 aliphatic rings. The highest BCUT2D eigenvalue weighted by Crippen LogP contribution is 2.14. The van der Waals surface area contributed by atoms with Crippen molar-refractivity contribution in [3.8, 4) is 0 Å². The van der Waals surface area contributed by atoms with Crippen LogP contribution >= 0.6 is 15.9 Å². The molecule has 2 N–H and O–H groups in total. The van der Waals surface area contributed by atoms with E-state index in [1.54, 1.807) is 18.2 Å². The Kier molecular flexibility index (Phi) is 7.80. The average Bonchev–Trinajstić information content (AvgIpc) is 3.21. The Bertz CT molecular complexity index is 1040. The maximum absolute atomic E-state index is 12.7. The van der Waals surface area contributed by atoms with Gasteiger partial charge in [0.1, 0.15) is 5.70 Å². The maximum atomic E-state index is 12.7. The third kappa shape index (κ3) is 6.60. The first-order chi connectivity index (χ1) is 14.6. The molecule has 0 spiro atoms. The fourth-order valence-corrected chi connectivity index (χ4v) is 2.98. The number of halogens is 1. The summed E-state index contributed by atoms with van der Waals surface area (Å²) in [6, 6.07) is 22.7. The van der Waals surface area contributed by atoms with E-state index in [4.69, 9.17) is 4.42 Å². The first-order valence-corrected chi connectivity index (χ1v) is 10.2. The van der Waals surface area contributed by atoms with Gasteiger partial charge in [-0.05, 0) is 51.7 Å². The van der Waals surface area contributed by atoms with Crippen molar-refractivity contribution >= 4 is 33.8 Å². The molecule has 0 bridgehead atoms. The Morgan fingerprint density at radius 2 is 1.63 bits per heavy atom. The van der Waals surface area contributed by atoms with Crippen LogP contribution in [-0.4, -0.2) is 18.4 Å². The maximum Gasteiger partial charge on any atom is 0.291 e. The summed E-state index contributed by atoms with van der Waals surface area (Å²) in [6.07, 6.45) is 5.84. The van der Waals surface area contributed by atoms with Crippen molar-refractivity contribution in [1.82, 2.24) is 10.6 Å². The van der Waals surface area contributed by atoms with Crippen LogP contribution in [0.3, 0.4) is 0 Å². The number of allylic oxidation sites excluding steroid dienone is 2. The Labute approximate surface area is 183 Å². The van der Waals surface area contributed by atoms with Crippen LogP contribution in [-0.2, 0) is 11.2 Å². The molecule has 152 valence electrons. The highest BCUT2D eigenvalue weighted by molar-refractivity contribution is 9.10. The number of benzene rings is 2. The van der Waals surface area contributed by atoms with Gasteiger partial charge in [-0.25, -0.2) is 0 Å². The van der Waals surface area contributed by atoms with E-state index >= 15 is 0 Å². The van der Waals surface area contributed by atoms with Gasteiger partial charge in [0.05, 0.1) is 0 Å². The van der Waals surface area contributed by atoms with Crippen LogP contribution < -0.4 is 10.6 Å². The van der Waals surface area contributed by atoms with Gasteiger partial charge in [-0.15, -0.1) is 0 Å². The molecule has 6 heteroatoms. The van der Waals surface area contributed by atoms with Crippen molar-refractivity contribution in [2.24, 2.45) is 0 Å². The van der Waals surface area contributed by atoms with Gasteiger partial charge >= 0.3 is 0 Å². The molecular weight excluding hydrogens is 444 g/mol. The molecule has 3 aromatic rings. The van der Waals surface area contributed by atoms with Crippen LogP contribution in [0, 0.1) is 0 Å². The van der Waals surface area contributed by atoms with E-state index in [1.807, 2.05) is 66.7 Å². The summed E-state index contributed by atoms with van der Waals surface area (Å²) < 4.78 is 5.71. The Hall–Kier alpha value is -3.38. The molecule has 0 saturated carbocycles. The predicted molar refractivity (Wildman–Crippen MR) is 121 cm³/mol. The largest absolute Gasteiger partial charge is 0.444 e. The lowest BCUT2D eigenvalue weighted by Crippen LogP contribution is -2.35. The van der Waals surface area contributed by atoms with Crippen molar-refractivity contribution in [1.29, 1.82) is 0 Å². The van der Waals surface area contributed by atoms with Crippen molar-refractivity contribution in [3.05, 3.63) is 112 Å². The first kappa shape index (κ1) is 21.3. The van der Waals surface area contributed by atoms with Crippen LogP contribution in [0.1, 0.15) is 21.7 Å². The fourth-order valence-electron chi connectivity index (χ4n) is 2.67. The SMILES string of the molecule is O=C(NCCc1ccccc1)/C(=C/C=C\c1ccccc1)NC(=O)c1ccc(Br)o1. The summed E-state index contributed by atoms with van der Waals surface area (Å²) in [5.41, 5.74) is 2.24. The summed E-state index contributed by atoms with van der Waals surface area (Å²) >= 11 is 3.17. The first-order valence-electron chi connectivity index (χ1n) is 9.44. The lowest BCUT2D eigenvalue weighted by atomic mass is 10.1. The van der Waals surface area contributed by atoms with Crippen LogP contribution in [0.25, 0.3) is 6.08 Å². The highest BCUT2D eigenvalue weighted by atomic mass is 79.9. The summed E-state index contributed by atoms with van der Waals surface area (Å²) in [4.78, 5) is 25.1. The Morgan fingerprint density at radius 3 is 2.30 bits per heavy atom. The van der Waals surface area contributed by atoms with Gasteiger partial charge in [-0.2, -0.15) is 0 Å². The minimum Gasteiger partial charge on any atom is -0.444 e. The second-order valence-electron chi connectivity index (χ2n) is 6.40. The molecule has 3 rings (SSSR count). The molecule has 30 heavy (non-hydrogen) atoms. The average molecular weight is 465 g/mol. The van der Waals surface area contributed by atoms with Crippen molar-refractivity contribution in [3.63, 3.8) is 0 Å². The highest BCUT2D eigenvalue weighted by Gasteiger charge is 2.16. The third-order valence-corrected chi connectivity index (χ3v) is 4.61. The number of hydrogen-bond acceptors (Lipinski definition) is 3. The molecule has 0 saturated heterocycles. The summed E-state index contributed by atoms with van der Waals surface area (Å²) in [5.74, 6) is -0.766. The number of hydrogen-bond donors (Lipinski definition) is 2. The topological polar surface area (TPSA) is 71.3 Å².